The molecule has 0 saturated carbocycles. The van der Waals surface area contributed by atoms with E-state index in [1.807, 2.05) is 42.5 Å². The number of nitrogens with one attached hydrogen (secondary N) is 1. The van der Waals surface area contributed by atoms with E-state index in [4.69, 9.17) is 35.4 Å². The predicted octanol–water partition coefficient (Wildman–Crippen LogP) is 5.14. The highest BCUT2D eigenvalue weighted by molar-refractivity contribution is 7.80. The number of hydrogen-bond acceptors (Lipinski definition) is 1. The second-order valence-electron chi connectivity index (χ2n) is 4.97. The van der Waals surface area contributed by atoms with E-state index in [0.29, 0.717) is 10.1 Å². The number of aryl methyl sites for hydroxylation is 1. The largest absolute Gasteiger partial charge is 0.332 e. The first-order chi connectivity index (χ1) is 10.1. The summed E-state index contributed by atoms with van der Waals surface area (Å²) in [6.45, 7) is 0.911. The molecule has 0 bridgehead atoms. The van der Waals surface area contributed by atoms with Crippen LogP contribution in [0.2, 0.25) is 10.0 Å². The lowest BCUT2D eigenvalue weighted by Gasteiger charge is -2.31. The summed E-state index contributed by atoms with van der Waals surface area (Å²) in [5, 5.41) is 5.44. The predicted molar refractivity (Wildman–Crippen MR) is 94.8 cm³/mol. The third-order valence-electron chi connectivity index (χ3n) is 3.50. The molecule has 0 aliphatic carbocycles. The maximum absolute atomic E-state index is 6.07. The highest BCUT2D eigenvalue weighted by atomic mass is 35.5. The molecular formula is C16H14Cl2N2S. The number of fused-ring (bicyclic) bond motifs is 1. The lowest BCUT2D eigenvalue weighted by atomic mass is 10.0. The highest BCUT2D eigenvalue weighted by Gasteiger charge is 2.20. The van der Waals surface area contributed by atoms with Crippen molar-refractivity contribution in [3.8, 4) is 0 Å². The van der Waals surface area contributed by atoms with Crippen LogP contribution >= 0.6 is 35.4 Å². The summed E-state index contributed by atoms with van der Waals surface area (Å²) in [5.41, 5.74) is 3.32. The van der Waals surface area contributed by atoms with Crippen molar-refractivity contribution in [1.29, 1.82) is 0 Å². The molecule has 2 aromatic carbocycles. The fraction of sp³-hybridized carbons (Fsp3) is 0.188. The monoisotopic (exact) mass is 336 g/mol. The zero-order valence-corrected chi connectivity index (χ0v) is 13.6. The summed E-state index contributed by atoms with van der Waals surface area (Å²) in [6.07, 6.45) is 2.10. The van der Waals surface area contributed by atoms with Gasteiger partial charge in [-0.25, -0.2) is 0 Å². The number of anilines is 2. The molecule has 1 aliphatic heterocycles. The Morgan fingerprint density at radius 3 is 2.52 bits per heavy atom. The van der Waals surface area contributed by atoms with Gasteiger partial charge in [-0.1, -0.05) is 23.2 Å². The van der Waals surface area contributed by atoms with Crippen LogP contribution in [0.25, 0.3) is 0 Å². The van der Waals surface area contributed by atoms with Crippen molar-refractivity contribution in [1.82, 2.24) is 0 Å². The summed E-state index contributed by atoms with van der Waals surface area (Å²) in [5.74, 6) is 0. The number of nitrogens with zero attached hydrogens (tertiary/aromatic N) is 1. The maximum atomic E-state index is 6.07. The lowest BCUT2D eigenvalue weighted by molar-refractivity contribution is 0.781. The van der Waals surface area contributed by atoms with Crippen molar-refractivity contribution in [2.75, 3.05) is 16.8 Å². The van der Waals surface area contributed by atoms with Crippen LogP contribution in [-0.4, -0.2) is 11.7 Å². The number of halogens is 2. The zero-order valence-electron chi connectivity index (χ0n) is 11.3. The first-order valence-electron chi connectivity index (χ1n) is 6.76. The molecule has 2 nitrogen and oxygen atoms in total. The Morgan fingerprint density at radius 1 is 1.05 bits per heavy atom. The van der Waals surface area contributed by atoms with Crippen molar-refractivity contribution in [3.63, 3.8) is 0 Å². The van der Waals surface area contributed by atoms with Gasteiger partial charge in [0.2, 0.25) is 0 Å². The van der Waals surface area contributed by atoms with Crippen LogP contribution in [-0.2, 0) is 6.42 Å². The standard InChI is InChI=1S/C16H14Cl2N2S/c17-12-3-6-14(7-4-12)19-16(21)20-9-1-2-11-10-13(18)5-8-15(11)20/h3-8,10H,1-2,9H2,(H,19,21). The third kappa shape index (κ3) is 3.31. The van der Waals surface area contributed by atoms with Gasteiger partial charge >= 0.3 is 0 Å². The van der Waals surface area contributed by atoms with E-state index in [0.717, 1.165) is 35.8 Å². The molecule has 1 N–H and O–H groups in total. The average Bonchev–Trinajstić information content (AvgIpc) is 2.48. The summed E-state index contributed by atoms with van der Waals surface area (Å²) in [6, 6.07) is 13.5. The van der Waals surface area contributed by atoms with Gasteiger partial charge in [0.15, 0.2) is 5.11 Å². The van der Waals surface area contributed by atoms with E-state index in [-0.39, 0.29) is 0 Å². The van der Waals surface area contributed by atoms with Gasteiger partial charge in [0.05, 0.1) is 0 Å². The summed E-state index contributed by atoms with van der Waals surface area (Å²) >= 11 is 17.5. The van der Waals surface area contributed by atoms with Crippen LogP contribution in [0.4, 0.5) is 11.4 Å². The molecule has 1 heterocycles. The molecule has 1 aliphatic rings. The Morgan fingerprint density at radius 2 is 1.76 bits per heavy atom. The Labute approximate surface area is 139 Å². The average molecular weight is 337 g/mol. The van der Waals surface area contributed by atoms with Gasteiger partial charge in [-0.05, 0) is 73.1 Å². The van der Waals surface area contributed by atoms with Gasteiger partial charge in [0.1, 0.15) is 0 Å². The Bertz CT molecular complexity index is 670. The second-order valence-corrected chi connectivity index (χ2v) is 6.22. The van der Waals surface area contributed by atoms with Crippen molar-refractivity contribution in [3.05, 3.63) is 58.1 Å². The van der Waals surface area contributed by atoms with Crippen molar-refractivity contribution in [2.24, 2.45) is 0 Å². The topological polar surface area (TPSA) is 15.3 Å². The molecule has 108 valence electrons. The first kappa shape index (κ1) is 14.6. The summed E-state index contributed by atoms with van der Waals surface area (Å²) < 4.78 is 0. The Kier molecular flexibility index (Phi) is 4.34. The smallest absolute Gasteiger partial charge is 0.177 e. The number of thiocarbonyl (C=S) groups is 1. The summed E-state index contributed by atoms with van der Waals surface area (Å²) in [7, 11) is 0. The van der Waals surface area contributed by atoms with Gasteiger partial charge in [-0.3, -0.25) is 0 Å². The fourth-order valence-electron chi connectivity index (χ4n) is 2.50. The molecule has 0 saturated heterocycles. The molecule has 0 spiro atoms. The zero-order chi connectivity index (χ0) is 14.8. The van der Waals surface area contributed by atoms with E-state index in [9.17, 15) is 0 Å². The van der Waals surface area contributed by atoms with Crippen LogP contribution in [0.3, 0.4) is 0 Å². The number of benzene rings is 2. The van der Waals surface area contributed by atoms with Gasteiger partial charge in [-0.2, -0.15) is 0 Å². The van der Waals surface area contributed by atoms with Crippen molar-refractivity contribution in [2.45, 2.75) is 12.8 Å². The molecule has 0 atom stereocenters. The van der Waals surface area contributed by atoms with E-state index in [1.165, 1.54) is 5.56 Å². The molecule has 21 heavy (non-hydrogen) atoms. The van der Waals surface area contributed by atoms with Crippen LogP contribution in [0.5, 0.6) is 0 Å². The number of rotatable bonds is 1. The quantitative estimate of drug-likeness (QED) is 0.725. The fourth-order valence-corrected chi connectivity index (χ4v) is 3.13. The lowest BCUT2D eigenvalue weighted by Crippen LogP contribution is -2.38. The Hall–Kier alpha value is -1.29. The molecule has 0 unspecified atom stereocenters. The van der Waals surface area contributed by atoms with Gasteiger partial charge in [-0.15, -0.1) is 0 Å². The molecule has 0 aromatic heterocycles. The van der Waals surface area contributed by atoms with Crippen LogP contribution in [0, 0.1) is 0 Å². The summed E-state index contributed by atoms with van der Waals surface area (Å²) in [4.78, 5) is 2.12. The van der Waals surface area contributed by atoms with Crippen molar-refractivity contribution >= 4 is 51.9 Å². The minimum atomic E-state index is 0.695. The normalized spacial score (nSPS) is 13.7. The highest BCUT2D eigenvalue weighted by Crippen LogP contribution is 2.30. The van der Waals surface area contributed by atoms with E-state index in [2.05, 4.69) is 10.2 Å². The van der Waals surface area contributed by atoms with Crippen LogP contribution in [0.15, 0.2) is 42.5 Å². The molecule has 0 fully saturated rings. The SMILES string of the molecule is S=C(Nc1ccc(Cl)cc1)N1CCCc2cc(Cl)ccc21. The first-order valence-corrected chi connectivity index (χ1v) is 7.92. The maximum Gasteiger partial charge on any atom is 0.177 e. The van der Waals surface area contributed by atoms with Gasteiger partial charge in [0.25, 0.3) is 0 Å². The van der Waals surface area contributed by atoms with Crippen molar-refractivity contribution < 1.29 is 0 Å². The van der Waals surface area contributed by atoms with E-state index in [1.54, 1.807) is 0 Å². The molecule has 2 aromatic rings. The van der Waals surface area contributed by atoms with E-state index < -0.39 is 0 Å². The molecule has 5 heteroatoms. The van der Waals surface area contributed by atoms with Crippen LogP contribution < -0.4 is 10.2 Å². The molecule has 0 radical (unpaired) electrons. The van der Waals surface area contributed by atoms with E-state index >= 15 is 0 Å². The van der Waals surface area contributed by atoms with Gasteiger partial charge in [0, 0.05) is 28.0 Å². The number of hydrogen-bond donors (Lipinski definition) is 1. The molecule has 0 amide bonds. The second kappa shape index (κ2) is 6.22. The van der Waals surface area contributed by atoms with Gasteiger partial charge < -0.3 is 10.2 Å². The minimum absolute atomic E-state index is 0.695. The van der Waals surface area contributed by atoms with Crippen LogP contribution in [0.1, 0.15) is 12.0 Å². The minimum Gasteiger partial charge on any atom is -0.332 e. The molecular weight excluding hydrogens is 323 g/mol. The third-order valence-corrected chi connectivity index (χ3v) is 4.31. The molecule has 3 rings (SSSR count). The Balaban J connectivity index is 1.81.